The SMILES string of the molecule is CCCOc1ccc(OC)c(C(=O)CCC(=O)OC)c1. The van der Waals surface area contributed by atoms with Crippen molar-refractivity contribution in [2.75, 3.05) is 20.8 Å². The smallest absolute Gasteiger partial charge is 0.305 e. The fourth-order valence-electron chi connectivity index (χ4n) is 1.67. The zero-order chi connectivity index (χ0) is 15.0. The Morgan fingerprint density at radius 3 is 2.50 bits per heavy atom. The largest absolute Gasteiger partial charge is 0.496 e. The van der Waals surface area contributed by atoms with Crippen LogP contribution >= 0.6 is 0 Å². The number of esters is 1. The number of ether oxygens (including phenoxy) is 3. The number of Topliss-reactive ketones (excluding diaryl/α,β-unsaturated/α-hetero) is 1. The summed E-state index contributed by atoms with van der Waals surface area (Å²) in [7, 11) is 2.80. The van der Waals surface area contributed by atoms with Crippen molar-refractivity contribution in [3.05, 3.63) is 23.8 Å². The molecule has 0 fully saturated rings. The van der Waals surface area contributed by atoms with E-state index in [4.69, 9.17) is 9.47 Å². The first-order valence-electron chi connectivity index (χ1n) is 6.53. The number of ketones is 1. The van der Waals surface area contributed by atoms with Gasteiger partial charge in [0.2, 0.25) is 0 Å². The molecular formula is C15H20O5. The van der Waals surface area contributed by atoms with Crippen LogP contribution in [0.25, 0.3) is 0 Å². The summed E-state index contributed by atoms with van der Waals surface area (Å²) in [5, 5.41) is 0. The lowest BCUT2D eigenvalue weighted by atomic mass is 10.1. The number of benzene rings is 1. The maximum Gasteiger partial charge on any atom is 0.305 e. The fourth-order valence-corrected chi connectivity index (χ4v) is 1.67. The van der Waals surface area contributed by atoms with E-state index in [-0.39, 0.29) is 18.6 Å². The van der Waals surface area contributed by atoms with Crippen LogP contribution in [0.15, 0.2) is 18.2 Å². The minimum atomic E-state index is -0.407. The first kappa shape index (κ1) is 16.0. The second kappa shape index (κ2) is 8.19. The van der Waals surface area contributed by atoms with Crippen LogP contribution < -0.4 is 9.47 Å². The van der Waals surface area contributed by atoms with Crippen molar-refractivity contribution in [2.24, 2.45) is 0 Å². The molecule has 0 aliphatic carbocycles. The van der Waals surface area contributed by atoms with E-state index in [2.05, 4.69) is 4.74 Å². The van der Waals surface area contributed by atoms with Crippen molar-refractivity contribution in [2.45, 2.75) is 26.2 Å². The predicted molar refractivity (Wildman–Crippen MR) is 74.4 cm³/mol. The molecule has 0 saturated heterocycles. The number of rotatable bonds is 8. The van der Waals surface area contributed by atoms with Gasteiger partial charge in [0.25, 0.3) is 0 Å². The normalized spacial score (nSPS) is 9.95. The van der Waals surface area contributed by atoms with Gasteiger partial charge in [-0.05, 0) is 24.6 Å². The average Bonchev–Trinajstić information content (AvgIpc) is 2.49. The zero-order valence-corrected chi connectivity index (χ0v) is 12.1. The van der Waals surface area contributed by atoms with Gasteiger partial charge in [-0.2, -0.15) is 0 Å². The highest BCUT2D eigenvalue weighted by atomic mass is 16.5. The van der Waals surface area contributed by atoms with E-state index in [1.54, 1.807) is 18.2 Å². The van der Waals surface area contributed by atoms with Gasteiger partial charge in [-0.1, -0.05) is 6.92 Å². The minimum absolute atomic E-state index is 0.0541. The highest BCUT2D eigenvalue weighted by Crippen LogP contribution is 2.25. The average molecular weight is 280 g/mol. The highest BCUT2D eigenvalue weighted by molar-refractivity contribution is 6.00. The zero-order valence-electron chi connectivity index (χ0n) is 12.1. The summed E-state index contributed by atoms with van der Waals surface area (Å²) in [6.45, 7) is 2.59. The van der Waals surface area contributed by atoms with Gasteiger partial charge in [-0.3, -0.25) is 9.59 Å². The first-order chi connectivity index (χ1) is 9.62. The van der Waals surface area contributed by atoms with E-state index in [9.17, 15) is 9.59 Å². The quantitative estimate of drug-likeness (QED) is 0.541. The summed E-state index contributed by atoms with van der Waals surface area (Å²) < 4.78 is 15.2. The molecule has 0 aliphatic heterocycles. The Morgan fingerprint density at radius 2 is 1.90 bits per heavy atom. The summed E-state index contributed by atoms with van der Waals surface area (Å²) in [5.41, 5.74) is 0.421. The van der Waals surface area contributed by atoms with E-state index in [0.29, 0.717) is 23.7 Å². The molecule has 0 unspecified atom stereocenters. The molecule has 0 spiro atoms. The molecular weight excluding hydrogens is 260 g/mol. The number of carbonyl (C=O) groups excluding carboxylic acids is 2. The van der Waals surface area contributed by atoms with E-state index >= 15 is 0 Å². The molecule has 5 nitrogen and oxygen atoms in total. The van der Waals surface area contributed by atoms with Crippen molar-refractivity contribution < 1.29 is 23.8 Å². The van der Waals surface area contributed by atoms with Crippen molar-refractivity contribution in [1.82, 2.24) is 0 Å². The third kappa shape index (κ3) is 4.57. The van der Waals surface area contributed by atoms with Crippen LogP contribution in [0.4, 0.5) is 0 Å². The van der Waals surface area contributed by atoms with Gasteiger partial charge in [0.05, 0.1) is 32.8 Å². The van der Waals surface area contributed by atoms with Gasteiger partial charge in [0.15, 0.2) is 5.78 Å². The van der Waals surface area contributed by atoms with E-state index < -0.39 is 5.97 Å². The van der Waals surface area contributed by atoms with E-state index in [1.807, 2.05) is 6.92 Å². The maximum atomic E-state index is 12.1. The molecule has 110 valence electrons. The third-order valence-electron chi connectivity index (χ3n) is 2.73. The Hall–Kier alpha value is -2.04. The molecule has 0 heterocycles. The Labute approximate surface area is 118 Å². The van der Waals surface area contributed by atoms with Gasteiger partial charge in [-0.15, -0.1) is 0 Å². The van der Waals surface area contributed by atoms with Gasteiger partial charge < -0.3 is 14.2 Å². The lowest BCUT2D eigenvalue weighted by Gasteiger charge is -2.10. The molecule has 1 rings (SSSR count). The molecule has 0 atom stereocenters. The summed E-state index contributed by atoms with van der Waals surface area (Å²) in [6, 6.07) is 5.09. The van der Waals surface area contributed by atoms with E-state index in [0.717, 1.165) is 6.42 Å². The first-order valence-corrected chi connectivity index (χ1v) is 6.53. The molecule has 0 aliphatic rings. The standard InChI is InChI=1S/C15H20O5/c1-4-9-20-11-5-7-14(18-2)12(10-11)13(16)6-8-15(17)19-3/h5,7,10H,4,6,8-9H2,1-3H3. The van der Waals surface area contributed by atoms with Gasteiger partial charge >= 0.3 is 5.97 Å². The minimum Gasteiger partial charge on any atom is -0.496 e. The molecule has 5 heteroatoms. The van der Waals surface area contributed by atoms with E-state index in [1.165, 1.54) is 14.2 Å². The highest BCUT2D eigenvalue weighted by Gasteiger charge is 2.15. The van der Waals surface area contributed by atoms with Gasteiger partial charge in [0, 0.05) is 6.42 Å². The van der Waals surface area contributed by atoms with Crippen LogP contribution in [-0.4, -0.2) is 32.6 Å². The van der Waals surface area contributed by atoms with Crippen molar-refractivity contribution in [3.8, 4) is 11.5 Å². The molecule has 0 amide bonds. The molecule has 1 aromatic rings. The fraction of sp³-hybridized carbons (Fsp3) is 0.467. The molecule has 0 radical (unpaired) electrons. The van der Waals surface area contributed by atoms with Crippen LogP contribution in [-0.2, 0) is 9.53 Å². The molecule has 20 heavy (non-hydrogen) atoms. The monoisotopic (exact) mass is 280 g/mol. The lowest BCUT2D eigenvalue weighted by Crippen LogP contribution is -2.08. The Bertz CT molecular complexity index is 467. The van der Waals surface area contributed by atoms with Crippen molar-refractivity contribution >= 4 is 11.8 Å². The Kier molecular flexibility index (Phi) is 6.56. The molecule has 1 aromatic carbocycles. The Balaban J connectivity index is 2.83. The van der Waals surface area contributed by atoms with Crippen LogP contribution in [0.5, 0.6) is 11.5 Å². The predicted octanol–water partition coefficient (Wildman–Crippen LogP) is 2.62. The van der Waals surface area contributed by atoms with Crippen molar-refractivity contribution in [3.63, 3.8) is 0 Å². The second-order valence-electron chi connectivity index (χ2n) is 4.21. The number of hydrogen-bond donors (Lipinski definition) is 0. The molecule has 0 bridgehead atoms. The Morgan fingerprint density at radius 1 is 1.15 bits per heavy atom. The number of hydrogen-bond acceptors (Lipinski definition) is 5. The van der Waals surface area contributed by atoms with Gasteiger partial charge in [-0.25, -0.2) is 0 Å². The van der Waals surface area contributed by atoms with Crippen LogP contribution in [0, 0.1) is 0 Å². The summed E-state index contributed by atoms with van der Waals surface area (Å²) in [6.07, 6.45) is 1.02. The topological polar surface area (TPSA) is 61.8 Å². The summed E-state index contributed by atoms with van der Waals surface area (Å²) in [4.78, 5) is 23.2. The van der Waals surface area contributed by atoms with Crippen LogP contribution in [0.3, 0.4) is 0 Å². The van der Waals surface area contributed by atoms with Crippen molar-refractivity contribution in [1.29, 1.82) is 0 Å². The lowest BCUT2D eigenvalue weighted by molar-refractivity contribution is -0.140. The van der Waals surface area contributed by atoms with Crippen LogP contribution in [0.2, 0.25) is 0 Å². The second-order valence-corrected chi connectivity index (χ2v) is 4.21. The third-order valence-corrected chi connectivity index (χ3v) is 2.73. The maximum absolute atomic E-state index is 12.1. The number of carbonyl (C=O) groups is 2. The van der Waals surface area contributed by atoms with Gasteiger partial charge in [0.1, 0.15) is 11.5 Å². The number of methoxy groups -OCH3 is 2. The molecule has 0 aromatic heterocycles. The summed E-state index contributed by atoms with van der Waals surface area (Å²) in [5.74, 6) is 0.516. The van der Waals surface area contributed by atoms with Crippen LogP contribution in [0.1, 0.15) is 36.5 Å². The summed E-state index contributed by atoms with van der Waals surface area (Å²) >= 11 is 0. The molecule has 0 N–H and O–H groups in total. The molecule has 0 saturated carbocycles.